The molecule has 0 N–H and O–H groups in total. The molecule has 0 spiro atoms. The van der Waals surface area contributed by atoms with Gasteiger partial charge in [-0.2, -0.15) is 0 Å². The molecule has 0 heterocycles. The zero-order chi connectivity index (χ0) is 10.7. The van der Waals surface area contributed by atoms with E-state index in [4.69, 9.17) is 0 Å². The van der Waals surface area contributed by atoms with E-state index in [0.717, 1.165) is 0 Å². The van der Waals surface area contributed by atoms with E-state index in [9.17, 15) is 0 Å². The molecule has 0 radical (unpaired) electrons. The van der Waals surface area contributed by atoms with Crippen molar-refractivity contribution in [1.82, 2.24) is 0 Å². The molecule has 0 aromatic heterocycles. The van der Waals surface area contributed by atoms with Gasteiger partial charge < -0.3 is 0 Å². The largest absolute Gasteiger partial charge is 0.0729 e. The molecular weight excluding hydrogens is 168 g/mol. The maximum atomic E-state index is 2.23. The first kappa shape index (κ1) is 11.0. The molecular formula is C14H20. The van der Waals surface area contributed by atoms with E-state index in [1.54, 1.807) is 0 Å². The Kier molecular flexibility index (Phi) is 3.51. The lowest BCUT2D eigenvalue weighted by atomic mass is 9.98. The summed E-state index contributed by atoms with van der Waals surface area (Å²) in [6, 6.07) is 8.90. The Morgan fingerprint density at radius 2 is 1.43 bits per heavy atom. The minimum Gasteiger partial charge on any atom is -0.0729 e. The van der Waals surface area contributed by atoms with E-state index >= 15 is 0 Å². The van der Waals surface area contributed by atoms with E-state index in [0.29, 0.717) is 5.92 Å². The molecule has 76 valence electrons. The lowest BCUT2D eigenvalue weighted by molar-refractivity contribution is 0.866. The van der Waals surface area contributed by atoms with Crippen LogP contribution in [-0.4, -0.2) is 0 Å². The number of benzene rings is 1. The van der Waals surface area contributed by atoms with Crippen molar-refractivity contribution in [3.05, 3.63) is 41.0 Å². The fourth-order valence-corrected chi connectivity index (χ4v) is 1.41. The van der Waals surface area contributed by atoms with Crippen LogP contribution in [0.15, 0.2) is 29.8 Å². The third kappa shape index (κ3) is 2.47. The fourth-order valence-electron chi connectivity index (χ4n) is 1.41. The number of rotatable bonds is 2. The molecule has 0 aliphatic rings. The summed E-state index contributed by atoms with van der Waals surface area (Å²) in [5.74, 6) is 0.621. The molecule has 0 aliphatic carbocycles. The highest BCUT2D eigenvalue weighted by Crippen LogP contribution is 2.21. The van der Waals surface area contributed by atoms with Crippen LogP contribution in [0, 0.1) is 0 Å². The Hall–Kier alpha value is -1.04. The molecule has 0 fully saturated rings. The summed E-state index contributed by atoms with van der Waals surface area (Å²) in [6.07, 6.45) is 0. The Balaban J connectivity index is 3.00. The standard InChI is InChI=1S/C14H20/c1-10(2)12(5)14-8-6-13(7-9-14)11(3)4/h6-9,11H,1-5H3. The Morgan fingerprint density at radius 3 is 1.79 bits per heavy atom. The Labute approximate surface area is 87.7 Å². The minimum atomic E-state index is 0.621. The third-order valence-corrected chi connectivity index (χ3v) is 2.76. The first-order valence-electron chi connectivity index (χ1n) is 5.26. The van der Waals surface area contributed by atoms with Crippen LogP contribution in [0.2, 0.25) is 0 Å². The molecule has 0 saturated heterocycles. The summed E-state index contributed by atoms with van der Waals surface area (Å²) in [6.45, 7) is 10.9. The smallest absolute Gasteiger partial charge is 0.0219 e. The van der Waals surface area contributed by atoms with Gasteiger partial charge in [0.05, 0.1) is 0 Å². The highest BCUT2D eigenvalue weighted by atomic mass is 14.1. The molecule has 0 saturated carbocycles. The lowest BCUT2D eigenvalue weighted by Gasteiger charge is -2.08. The normalized spacial score (nSPS) is 10.4. The van der Waals surface area contributed by atoms with Crippen LogP contribution in [0.25, 0.3) is 5.57 Å². The number of hydrogen-bond donors (Lipinski definition) is 0. The molecule has 1 aromatic rings. The van der Waals surface area contributed by atoms with Gasteiger partial charge >= 0.3 is 0 Å². The Morgan fingerprint density at radius 1 is 0.929 bits per heavy atom. The van der Waals surface area contributed by atoms with Crippen molar-refractivity contribution in [2.45, 2.75) is 40.5 Å². The second-order valence-electron chi connectivity index (χ2n) is 4.40. The van der Waals surface area contributed by atoms with Crippen molar-refractivity contribution in [2.24, 2.45) is 0 Å². The van der Waals surface area contributed by atoms with Crippen molar-refractivity contribution >= 4 is 5.57 Å². The summed E-state index contributed by atoms with van der Waals surface area (Å²) < 4.78 is 0. The molecule has 1 aromatic carbocycles. The van der Waals surface area contributed by atoms with E-state index in [1.807, 2.05) is 0 Å². The average Bonchev–Trinajstić information content (AvgIpc) is 2.16. The van der Waals surface area contributed by atoms with Crippen LogP contribution < -0.4 is 0 Å². The van der Waals surface area contributed by atoms with E-state index in [1.165, 1.54) is 22.3 Å². The molecule has 0 atom stereocenters. The van der Waals surface area contributed by atoms with Crippen LogP contribution in [-0.2, 0) is 0 Å². The molecule has 14 heavy (non-hydrogen) atoms. The molecule has 0 amide bonds. The zero-order valence-electron chi connectivity index (χ0n) is 9.89. The lowest BCUT2D eigenvalue weighted by Crippen LogP contribution is -1.88. The second kappa shape index (κ2) is 4.45. The summed E-state index contributed by atoms with van der Waals surface area (Å²) in [7, 11) is 0. The van der Waals surface area contributed by atoms with Crippen LogP contribution in [0.3, 0.4) is 0 Å². The number of allylic oxidation sites excluding steroid dienone is 2. The highest BCUT2D eigenvalue weighted by Gasteiger charge is 2.00. The van der Waals surface area contributed by atoms with Crippen molar-refractivity contribution in [2.75, 3.05) is 0 Å². The van der Waals surface area contributed by atoms with Crippen LogP contribution in [0.1, 0.15) is 51.7 Å². The predicted octanol–water partition coefficient (Wildman–Crippen LogP) is 4.62. The topological polar surface area (TPSA) is 0 Å². The van der Waals surface area contributed by atoms with Crippen molar-refractivity contribution in [1.29, 1.82) is 0 Å². The van der Waals surface area contributed by atoms with Gasteiger partial charge in [0, 0.05) is 0 Å². The van der Waals surface area contributed by atoms with Gasteiger partial charge in [-0.05, 0) is 43.4 Å². The van der Waals surface area contributed by atoms with Crippen molar-refractivity contribution in [3.63, 3.8) is 0 Å². The van der Waals surface area contributed by atoms with Gasteiger partial charge in [0.1, 0.15) is 0 Å². The summed E-state index contributed by atoms with van der Waals surface area (Å²) in [4.78, 5) is 0. The summed E-state index contributed by atoms with van der Waals surface area (Å²) >= 11 is 0. The monoisotopic (exact) mass is 188 g/mol. The van der Waals surface area contributed by atoms with Gasteiger partial charge in [-0.25, -0.2) is 0 Å². The maximum Gasteiger partial charge on any atom is -0.0219 e. The van der Waals surface area contributed by atoms with Crippen LogP contribution >= 0.6 is 0 Å². The Bertz CT molecular complexity index is 322. The zero-order valence-corrected chi connectivity index (χ0v) is 9.89. The minimum absolute atomic E-state index is 0.621. The van der Waals surface area contributed by atoms with E-state index < -0.39 is 0 Å². The van der Waals surface area contributed by atoms with Gasteiger partial charge in [-0.15, -0.1) is 0 Å². The summed E-state index contributed by atoms with van der Waals surface area (Å²) in [5.41, 5.74) is 5.53. The quantitative estimate of drug-likeness (QED) is 0.635. The van der Waals surface area contributed by atoms with E-state index in [-0.39, 0.29) is 0 Å². The average molecular weight is 188 g/mol. The summed E-state index contributed by atoms with van der Waals surface area (Å²) in [5, 5.41) is 0. The van der Waals surface area contributed by atoms with Crippen LogP contribution in [0.5, 0.6) is 0 Å². The van der Waals surface area contributed by atoms with E-state index in [2.05, 4.69) is 58.9 Å². The number of hydrogen-bond acceptors (Lipinski definition) is 0. The fraction of sp³-hybridized carbons (Fsp3) is 0.429. The SMILES string of the molecule is CC(C)=C(C)c1ccc(C(C)C)cc1. The first-order valence-corrected chi connectivity index (χ1v) is 5.26. The molecule has 0 heteroatoms. The van der Waals surface area contributed by atoms with Crippen LogP contribution in [0.4, 0.5) is 0 Å². The molecule has 0 nitrogen and oxygen atoms in total. The van der Waals surface area contributed by atoms with Gasteiger partial charge in [0.15, 0.2) is 0 Å². The predicted molar refractivity (Wildman–Crippen MR) is 64.5 cm³/mol. The maximum absolute atomic E-state index is 2.23. The van der Waals surface area contributed by atoms with Crippen molar-refractivity contribution < 1.29 is 0 Å². The van der Waals surface area contributed by atoms with Gasteiger partial charge in [-0.1, -0.05) is 43.7 Å². The molecule has 1 rings (SSSR count). The van der Waals surface area contributed by atoms with Gasteiger partial charge in [0.2, 0.25) is 0 Å². The van der Waals surface area contributed by atoms with Gasteiger partial charge in [0.25, 0.3) is 0 Å². The molecule has 0 aliphatic heterocycles. The first-order chi connectivity index (χ1) is 6.52. The molecule has 0 unspecified atom stereocenters. The second-order valence-corrected chi connectivity index (χ2v) is 4.40. The molecule has 0 bridgehead atoms. The van der Waals surface area contributed by atoms with Crippen molar-refractivity contribution in [3.8, 4) is 0 Å². The van der Waals surface area contributed by atoms with Gasteiger partial charge in [-0.3, -0.25) is 0 Å². The third-order valence-electron chi connectivity index (χ3n) is 2.76. The highest BCUT2D eigenvalue weighted by molar-refractivity contribution is 5.66.